The highest BCUT2D eigenvalue weighted by molar-refractivity contribution is 5.81. The molecule has 4 heteroatoms. The van der Waals surface area contributed by atoms with E-state index in [0.29, 0.717) is 26.1 Å². The highest BCUT2D eigenvalue weighted by Gasteiger charge is 2.05. The first-order valence-electron chi connectivity index (χ1n) is 8.67. The van der Waals surface area contributed by atoms with Crippen LogP contribution in [0.3, 0.4) is 0 Å². The minimum absolute atomic E-state index is 0.167. The number of esters is 1. The molecule has 0 spiro atoms. The highest BCUT2D eigenvalue weighted by atomic mass is 16.5. The third-order valence-corrected chi connectivity index (χ3v) is 4.04. The molecule has 0 amide bonds. The second kappa shape index (κ2) is 8.38. The maximum Gasteiger partial charge on any atom is 0.305 e. The first kappa shape index (κ1) is 17.1. The van der Waals surface area contributed by atoms with Gasteiger partial charge in [0.05, 0.1) is 13.2 Å². The Bertz CT molecular complexity index is 824. The predicted octanol–water partition coefficient (Wildman–Crippen LogP) is 4.41. The molecule has 0 radical (unpaired) electrons. The van der Waals surface area contributed by atoms with Crippen LogP contribution in [0.5, 0.6) is 5.75 Å². The molecule has 25 heavy (non-hydrogen) atoms. The predicted molar refractivity (Wildman–Crippen MR) is 98.8 cm³/mol. The first-order valence-corrected chi connectivity index (χ1v) is 8.67. The molecular weight excluding hydrogens is 314 g/mol. The fourth-order valence-electron chi connectivity index (χ4n) is 2.83. The van der Waals surface area contributed by atoms with Gasteiger partial charge in [0.15, 0.2) is 0 Å². The summed E-state index contributed by atoms with van der Waals surface area (Å²) in [5, 5.41) is 1.15. The Labute approximate surface area is 148 Å². The molecule has 0 atom stereocenters. The van der Waals surface area contributed by atoms with Crippen molar-refractivity contribution in [3.8, 4) is 5.75 Å². The second-order valence-electron chi connectivity index (χ2n) is 5.91. The van der Waals surface area contributed by atoms with Crippen LogP contribution in [0.25, 0.3) is 10.9 Å². The monoisotopic (exact) mass is 337 g/mol. The summed E-state index contributed by atoms with van der Waals surface area (Å²) >= 11 is 0. The Morgan fingerprint density at radius 2 is 1.92 bits per heavy atom. The third-order valence-electron chi connectivity index (χ3n) is 4.04. The van der Waals surface area contributed by atoms with Gasteiger partial charge in [0.25, 0.3) is 0 Å². The van der Waals surface area contributed by atoms with Gasteiger partial charge in [-0.15, -0.1) is 0 Å². The normalized spacial score (nSPS) is 10.8. The number of hydrogen-bond donors (Lipinski definition) is 0. The van der Waals surface area contributed by atoms with Crippen LogP contribution in [-0.2, 0) is 16.1 Å². The van der Waals surface area contributed by atoms with E-state index in [1.165, 1.54) is 11.1 Å². The van der Waals surface area contributed by atoms with Gasteiger partial charge in [-0.2, -0.15) is 0 Å². The van der Waals surface area contributed by atoms with Gasteiger partial charge in [-0.1, -0.05) is 30.3 Å². The van der Waals surface area contributed by atoms with Crippen LogP contribution >= 0.6 is 0 Å². The SMILES string of the molecule is CCOC(=O)CCCOc1ccc2c(ccn2Cc2ccccc2)c1. The molecular formula is C21H23NO3. The molecule has 0 saturated heterocycles. The molecule has 3 aromatic rings. The lowest BCUT2D eigenvalue weighted by Gasteiger charge is -2.08. The number of fused-ring (bicyclic) bond motifs is 1. The second-order valence-corrected chi connectivity index (χ2v) is 5.91. The molecule has 0 bridgehead atoms. The largest absolute Gasteiger partial charge is 0.494 e. The summed E-state index contributed by atoms with van der Waals surface area (Å²) in [6.07, 6.45) is 3.15. The number of rotatable bonds is 8. The van der Waals surface area contributed by atoms with Gasteiger partial charge < -0.3 is 14.0 Å². The smallest absolute Gasteiger partial charge is 0.305 e. The van der Waals surface area contributed by atoms with Crippen LogP contribution in [0.1, 0.15) is 25.3 Å². The molecule has 0 aliphatic carbocycles. The lowest BCUT2D eigenvalue weighted by Crippen LogP contribution is -2.06. The zero-order chi connectivity index (χ0) is 17.5. The Morgan fingerprint density at radius 3 is 2.72 bits per heavy atom. The van der Waals surface area contributed by atoms with Crippen LogP contribution < -0.4 is 4.74 Å². The number of hydrogen-bond acceptors (Lipinski definition) is 3. The average molecular weight is 337 g/mol. The Kier molecular flexibility index (Phi) is 5.73. The Morgan fingerprint density at radius 1 is 1.08 bits per heavy atom. The van der Waals surface area contributed by atoms with Crippen LogP contribution in [0, 0.1) is 0 Å². The summed E-state index contributed by atoms with van der Waals surface area (Å²) < 4.78 is 12.9. The van der Waals surface area contributed by atoms with Crippen LogP contribution in [0.15, 0.2) is 60.8 Å². The number of nitrogens with zero attached hydrogens (tertiary/aromatic N) is 1. The van der Waals surface area contributed by atoms with Gasteiger partial charge >= 0.3 is 5.97 Å². The van der Waals surface area contributed by atoms with E-state index in [-0.39, 0.29) is 5.97 Å². The van der Waals surface area contributed by atoms with E-state index in [1.807, 2.05) is 25.1 Å². The number of aromatic nitrogens is 1. The molecule has 3 rings (SSSR count). The lowest BCUT2D eigenvalue weighted by atomic mass is 10.2. The van der Waals surface area contributed by atoms with Gasteiger partial charge in [0.2, 0.25) is 0 Å². The summed E-state index contributed by atoms with van der Waals surface area (Å²) in [5.74, 6) is 0.661. The van der Waals surface area contributed by atoms with E-state index in [2.05, 4.69) is 47.2 Å². The summed E-state index contributed by atoms with van der Waals surface area (Å²) in [4.78, 5) is 11.3. The quantitative estimate of drug-likeness (QED) is 0.451. The van der Waals surface area contributed by atoms with Gasteiger partial charge in [0.1, 0.15) is 5.75 Å². The van der Waals surface area contributed by atoms with Crippen molar-refractivity contribution in [2.24, 2.45) is 0 Å². The fraction of sp³-hybridized carbons (Fsp3) is 0.286. The zero-order valence-corrected chi connectivity index (χ0v) is 14.5. The highest BCUT2D eigenvalue weighted by Crippen LogP contribution is 2.23. The van der Waals surface area contributed by atoms with Crippen molar-refractivity contribution >= 4 is 16.9 Å². The van der Waals surface area contributed by atoms with Crippen molar-refractivity contribution in [2.75, 3.05) is 13.2 Å². The van der Waals surface area contributed by atoms with E-state index >= 15 is 0 Å². The molecule has 0 saturated carbocycles. The van der Waals surface area contributed by atoms with Gasteiger partial charge in [-0.05, 0) is 43.2 Å². The summed E-state index contributed by atoms with van der Waals surface area (Å²) in [7, 11) is 0. The lowest BCUT2D eigenvalue weighted by molar-refractivity contribution is -0.143. The van der Waals surface area contributed by atoms with Gasteiger partial charge in [0, 0.05) is 30.1 Å². The van der Waals surface area contributed by atoms with Crippen LogP contribution in [0.2, 0.25) is 0 Å². The van der Waals surface area contributed by atoms with Crippen molar-refractivity contribution in [1.29, 1.82) is 0 Å². The van der Waals surface area contributed by atoms with Gasteiger partial charge in [-0.25, -0.2) is 0 Å². The molecule has 0 aliphatic rings. The molecule has 1 heterocycles. The molecule has 1 aromatic heterocycles. The molecule has 0 unspecified atom stereocenters. The van der Waals surface area contributed by atoms with Crippen molar-refractivity contribution in [2.45, 2.75) is 26.3 Å². The zero-order valence-electron chi connectivity index (χ0n) is 14.5. The molecule has 0 fully saturated rings. The van der Waals surface area contributed by atoms with Crippen molar-refractivity contribution in [1.82, 2.24) is 4.57 Å². The Balaban J connectivity index is 1.59. The van der Waals surface area contributed by atoms with Gasteiger partial charge in [-0.3, -0.25) is 4.79 Å². The fourth-order valence-corrected chi connectivity index (χ4v) is 2.83. The number of ether oxygens (including phenoxy) is 2. The minimum atomic E-state index is -0.167. The first-order chi connectivity index (χ1) is 12.3. The number of carbonyl (C=O) groups excluding carboxylic acids is 1. The Hall–Kier alpha value is -2.75. The van der Waals surface area contributed by atoms with Crippen molar-refractivity contribution in [3.05, 3.63) is 66.4 Å². The van der Waals surface area contributed by atoms with E-state index in [0.717, 1.165) is 17.7 Å². The van der Waals surface area contributed by atoms with Crippen molar-refractivity contribution < 1.29 is 14.3 Å². The van der Waals surface area contributed by atoms with E-state index in [4.69, 9.17) is 9.47 Å². The maximum atomic E-state index is 11.3. The molecule has 0 aliphatic heterocycles. The van der Waals surface area contributed by atoms with E-state index in [9.17, 15) is 4.79 Å². The topological polar surface area (TPSA) is 40.5 Å². The minimum Gasteiger partial charge on any atom is -0.494 e. The molecule has 2 aromatic carbocycles. The van der Waals surface area contributed by atoms with Crippen LogP contribution in [-0.4, -0.2) is 23.8 Å². The van der Waals surface area contributed by atoms with Crippen molar-refractivity contribution in [3.63, 3.8) is 0 Å². The third kappa shape index (κ3) is 4.63. The summed E-state index contributed by atoms with van der Waals surface area (Å²) in [5.41, 5.74) is 2.46. The standard InChI is InChI=1S/C21H23NO3/c1-2-24-21(23)9-6-14-25-19-10-11-20-18(15-19)12-13-22(20)16-17-7-4-3-5-8-17/h3-5,7-8,10-13,15H,2,6,9,14,16H2,1H3. The number of benzene rings is 2. The maximum absolute atomic E-state index is 11.3. The summed E-state index contributed by atoms with van der Waals surface area (Å²) in [6.45, 7) is 3.60. The summed E-state index contributed by atoms with van der Waals surface area (Å²) in [6, 6.07) is 18.6. The number of carbonyl (C=O) groups is 1. The average Bonchev–Trinajstić information content (AvgIpc) is 3.02. The molecule has 130 valence electrons. The van der Waals surface area contributed by atoms with E-state index in [1.54, 1.807) is 0 Å². The van der Waals surface area contributed by atoms with Crippen LogP contribution in [0.4, 0.5) is 0 Å². The van der Waals surface area contributed by atoms with E-state index < -0.39 is 0 Å². The molecule has 4 nitrogen and oxygen atoms in total. The molecule has 0 N–H and O–H groups in total.